The fourth-order valence-corrected chi connectivity index (χ4v) is 2.29. The summed E-state index contributed by atoms with van der Waals surface area (Å²) in [5.41, 5.74) is -0.629. The van der Waals surface area contributed by atoms with Crippen molar-refractivity contribution in [1.29, 1.82) is 0 Å². The second-order valence-corrected chi connectivity index (χ2v) is 5.74. The fraction of sp³-hybridized carbons (Fsp3) is 0.375. The molecule has 130 valence electrons. The molecule has 24 heavy (non-hydrogen) atoms. The van der Waals surface area contributed by atoms with Crippen LogP contribution in [0.1, 0.15) is 25.3 Å². The van der Waals surface area contributed by atoms with Crippen molar-refractivity contribution >= 4 is 29.1 Å². The highest BCUT2D eigenvalue weighted by atomic mass is 35.5. The number of aromatic nitrogens is 2. The zero-order valence-corrected chi connectivity index (χ0v) is 14.1. The van der Waals surface area contributed by atoms with Gasteiger partial charge in [-0.1, -0.05) is 24.9 Å². The molecule has 1 N–H and O–H groups in total. The summed E-state index contributed by atoms with van der Waals surface area (Å²) in [4.78, 5) is 10.4. The summed E-state index contributed by atoms with van der Waals surface area (Å²) < 4.78 is 38.7. The van der Waals surface area contributed by atoms with E-state index in [1.807, 2.05) is 11.9 Å². The van der Waals surface area contributed by atoms with Crippen LogP contribution in [0.2, 0.25) is 5.02 Å². The number of anilines is 3. The molecule has 0 atom stereocenters. The van der Waals surface area contributed by atoms with Gasteiger partial charge in [-0.05, 0) is 30.7 Å². The lowest BCUT2D eigenvalue weighted by atomic mass is 10.2. The fourth-order valence-electron chi connectivity index (χ4n) is 2.07. The Hall–Kier alpha value is -2.02. The number of benzene rings is 1. The molecule has 1 heterocycles. The zero-order valence-electron chi connectivity index (χ0n) is 13.4. The maximum Gasteiger partial charge on any atom is 0.417 e. The summed E-state index contributed by atoms with van der Waals surface area (Å²) in [5, 5.41) is 2.52. The molecule has 2 rings (SSSR count). The van der Waals surface area contributed by atoms with Crippen LogP contribution in [0.3, 0.4) is 0 Å². The van der Waals surface area contributed by atoms with E-state index in [0.29, 0.717) is 11.8 Å². The van der Waals surface area contributed by atoms with E-state index < -0.39 is 11.7 Å². The lowest BCUT2D eigenvalue weighted by Crippen LogP contribution is -2.21. The van der Waals surface area contributed by atoms with Crippen molar-refractivity contribution in [2.45, 2.75) is 25.9 Å². The number of hydrogen-bond donors (Lipinski definition) is 1. The van der Waals surface area contributed by atoms with Gasteiger partial charge >= 0.3 is 6.18 Å². The van der Waals surface area contributed by atoms with Crippen LogP contribution in [-0.2, 0) is 6.18 Å². The Morgan fingerprint density at radius 1 is 1.25 bits per heavy atom. The summed E-state index contributed by atoms with van der Waals surface area (Å²) in [6.45, 7) is 2.89. The third-order valence-electron chi connectivity index (χ3n) is 3.38. The van der Waals surface area contributed by atoms with E-state index in [-0.39, 0.29) is 10.7 Å². The second kappa shape index (κ2) is 7.70. The lowest BCUT2D eigenvalue weighted by Gasteiger charge is -2.17. The maximum absolute atomic E-state index is 12.9. The molecule has 1 aromatic carbocycles. The summed E-state index contributed by atoms with van der Waals surface area (Å²) in [7, 11) is 1.87. The number of unbranched alkanes of at least 4 members (excludes halogenated alkanes) is 1. The van der Waals surface area contributed by atoms with Gasteiger partial charge in [0.2, 0.25) is 5.95 Å². The van der Waals surface area contributed by atoms with Gasteiger partial charge in [-0.3, -0.25) is 0 Å². The molecule has 0 spiro atoms. The number of alkyl halides is 3. The van der Waals surface area contributed by atoms with E-state index in [2.05, 4.69) is 22.2 Å². The highest BCUT2D eigenvalue weighted by Gasteiger charge is 2.33. The number of rotatable bonds is 6. The molecule has 0 radical (unpaired) electrons. The molecule has 0 amide bonds. The van der Waals surface area contributed by atoms with Crippen molar-refractivity contribution in [3.63, 3.8) is 0 Å². The van der Waals surface area contributed by atoms with Gasteiger partial charge in [0.25, 0.3) is 0 Å². The minimum atomic E-state index is -4.51. The first-order valence-electron chi connectivity index (χ1n) is 7.49. The third kappa shape index (κ3) is 4.74. The quantitative estimate of drug-likeness (QED) is 0.777. The van der Waals surface area contributed by atoms with Crippen molar-refractivity contribution < 1.29 is 13.2 Å². The normalized spacial score (nSPS) is 11.4. The largest absolute Gasteiger partial charge is 0.417 e. The van der Waals surface area contributed by atoms with Gasteiger partial charge in [0.15, 0.2) is 0 Å². The standard InChI is InChI=1S/C16H18ClF3N4/c1-3-4-9-24(2)15-21-8-7-14(23-15)22-11-5-6-13(17)12(10-11)16(18,19)20/h5-8,10H,3-4,9H2,1-2H3,(H,21,22,23). The molecular weight excluding hydrogens is 341 g/mol. The minimum absolute atomic E-state index is 0.257. The Morgan fingerprint density at radius 2 is 2.00 bits per heavy atom. The van der Waals surface area contributed by atoms with Crippen LogP contribution in [0.25, 0.3) is 0 Å². The van der Waals surface area contributed by atoms with Gasteiger partial charge < -0.3 is 10.2 Å². The zero-order chi connectivity index (χ0) is 17.7. The molecule has 0 saturated carbocycles. The van der Waals surface area contributed by atoms with E-state index in [0.717, 1.165) is 25.5 Å². The molecule has 1 aromatic heterocycles. The average molecular weight is 359 g/mol. The van der Waals surface area contributed by atoms with Crippen molar-refractivity contribution in [2.75, 3.05) is 23.8 Å². The van der Waals surface area contributed by atoms with Crippen LogP contribution in [0.5, 0.6) is 0 Å². The number of nitrogens with zero attached hydrogens (tertiary/aromatic N) is 3. The SMILES string of the molecule is CCCCN(C)c1nccc(Nc2ccc(Cl)c(C(F)(F)F)c2)n1. The Kier molecular flexibility index (Phi) is 5.88. The average Bonchev–Trinajstić information content (AvgIpc) is 2.53. The molecule has 0 unspecified atom stereocenters. The number of nitrogens with one attached hydrogen (secondary N) is 1. The summed E-state index contributed by atoms with van der Waals surface area (Å²) >= 11 is 5.62. The van der Waals surface area contributed by atoms with Gasteiger partial charge in [-0.15, -0.1) is 0 Å². The molecule has 0 aliphatic rings. The van der Waals surface area contributed by atoms with Gasteiger partial charge in [-0.25, -0.2) is 4.98 Å². The highest BCUT2D eigenvalue weighted by Crippen LogP contribution is 2.36. The van der Waals surface area contributed by atoms with Crippen LogP contribution in [0, 0.1) is 0 Å². The monoisotopic (exact) mass is 358 g/mol. The number of hydrogen-bond acceptors (Lipinski definition) is 4. The van der Waals surface area contributed by atoms with E-state index in [1.54, 1.807) is 12.3 Å². The Balaban J connectivity index is 2.20. The van der Waals surface area contributed by atoms with E-state index >= 15 is 0 Å². The Morgan fingerprint density at radius 3 is 2.67 bits per heavy atom. The third-order valence-corrected chi connectivity index (χ3v) is 3.71. The molecule has 0 fully saturated rings. The lowest BCUT2D eigenvalue weighted by molar-refractivity contribution is -0.137. The van der Waals surface area contributed by atoms with Crippen LogP contribution in [-0.4, -0.2) is 23.6 Å². The van der Waals surface area contributed by atoms with Crippen molar-refractivity contribution in [2.24, 2.45) is 0 Å². The topological polar surface area (TPSA) is 41.1 Å². The predicted octanol–water partition coefficient (Wildman–Crippen LogP) is 5.13. The molecule has 2 aromatic rings. The highest BCUT2D eigenvalue weighted by molar-refractivity contribution is 6.31. The van der Waals surface area contributed by atoms with Gasteiger partial charge in [-0.2, -0.15) is 18.2 Å². The first kappa shape index (κ1) is 18.3. The molecule has 0 aliphatic heterocycles. The molecule has 0 aliphatic carbocycles. The summed E-state index contributed by atoms with van der Waals surface area (Å²) in [6, 6.07) is 5.24. The molecule has 0 saturated heterocycles. The summed E-state index contributed by atoms with van der Waals surface area (Å²) in [6.07, 6.45) is -0.892. The van der Waals surface area contributed by atoms with Crippen LogP contribution in [0.4, 0.5) is 30.6 Å². The number of halogens is 4. The van der Waals surface area contributed by atoms with Crippen LogP contribution >= 0.6 is 11.6 Å². The Bertz CT molecular complexity index is 691. The molecule has 8 heteroatoms. The summed E-state index contributed by atoms with van der Waals surface area (Å²) in [5.74, 6) is 0.928. The van der Waals surface area contributed by atoms with Crippen molar-refractivity contribution in [3.05, 3.63) is 41.0 Å². The molecular formula is C16H18ClF3N4. The maximum atomic E-state index is 12.9. The van der Waals surface area contributed by atoms with Crippen molar-refractivity contribution in [3.8, 4) is 0 Å². The smallest absolute Gasteiger partial charge is 0.344 e. The first-order chi connectivity index (χ1) is 11.3. The minimum Gasteiger partial charge on any atom is -0.344 e. The Labute approximate surface area is 143 Å². The van der Waals surface area contributed by atoms with Gasteiger partial charge in [0.05, 0.1) is 10.6 Å². The van der Waals surface area contributed by atoms with E-state index in [1.165, 1.54) is 12.1 Å². The first-order valence-corrected chi connectivity index (χ1v) is 7.87. The molecule has 4 nitrogen and oxygen atoms in total. The van der Waals surface area contributed by atoms with E-state index in [4.69, 9.17) is 11.6 Å². The van der Waals surface area contributed by atoms with Crippen molar-refractivity contribution in [1.82, 2.24) is 9.97 Å². The predicted molar refractivity (Wildman–Crippen MR) is 89.9 cm³/mol. The van der Waals surface area contributed by atoms with Crippen LogP contribution in [0.15, 0.2) is 30.5 Å². The van der Waals surface area contributed by atoms with Gasteiger partial charge in [0, 0.05) is 25.5 Å². The second-order valence-electron chi connectivity index (χ2n) is 5.33. The van der Waals surface area contributed by atoms with E-state index in [9.17, 15) is 13.2 Å². The van der Waals surface area contributed by atoms with Crippen LogP contribution < -0.4 is 10.2 Å². The van der Waals surface area contributed by atoms with Gasteiger partial charge in [0.1, 0.15) is 5.82 Å². The molecule has 0 bridgehead atoms.